The Kier molecular flexibility index (Phi) is 3.86. The van der Waals surface area contributed by atoms with E-state index in [0.717, 1.165) is 5.69 Å². The highest BCUT2D eigenvalue weighted by Crippen LogP contribution is 2.14. The summed E-state index contributed by atoms with van der Waals surface area (Å²) in [4.78, 5) is 4.04. The van der Waals surface area contributed by atoms with Crippen LogP contribution in [0.1, 0.15) is 11.1 Å². The molecule has 1 aromatic rings. The lowest BCUT2D eigenvalue weighted by Crippen LogP contribution is -2.08. The molecule has 0 atom stereocenters. The standard InChI is InChI=1S/C13H16N2/c1-5-13(14-6-2)15-12-8-7-10(3)11(4)9-12/h5-9H,1-2H2,3-4H3,(H,14,15). The van der Waals surface area contributed by atoms with Crippen molar-refractivity contribution in [2.45, 2.75) is 13.8 Å². The van der Waals surface area contributed by atoms with Crippen LogP contribution in [0.25, 0.3) is 0 Å². The van der Waals surface area contributed by atoms with Gasteiger partial charge in [0, 0.05) is 11.9 Å². The number of nitrogens with one attached hydrogen (secondary N) is 1. The first kappa shape index (κ1) is 11.2. The maximum absolute atomic E-state index is 4.04. The van der Waals surface area contributed by atoms with Gasteiger partial charge in [0.2, 0.25) is 0 Å². The topological polar surface area (TPSA) is 24.4 Å². The van der Waals surface area contributed by atoms with E-state index in [9.17, 15) is 0 Å². The minimum atomic E-state index is 0.702. The molecule has 0 amide bonds. The molecule has 0 aromatic heterocycles. The molecular weight excluding hydrogens is 184 g/mol. The second-order valence-corrected chi connectivity index (χ2v) is 3.33. The van der Waals surface area contributed by atoms with E-state index in [1.807, 2.05) is 6.07 Å². The molecule has 0 aliphatic rings. The summed E-state index contributed by atoms with van der Waals surface area (Å²) in [5.74, 6) is 0.702. The molecule has 0 heterocycles. The smallest absolute Gasteiger partial charge is 0.129 e. The Balaban J connectivity index is 2.89. The molecule has 78 valence electrons. The van der Waals surface area contributed by atoms with Gasteiger partial charge in [-0.2, -0.15) is 0 Å². The van der Waals surface area contributed by atoms with E-state index in [2.05, 4.69) is 49.4 Å². The Labute approximate surface area is 91.1 Å². The average molecular weight is 200 g/mol. The molecule has 2 nitrogen and oxygen atoms in total. The maximum Gasteiger partial charge on any atom is 0.129 e. The second-order valence-electron chi connectivity index (χ2n) is 3.33. The van der Waals surface area contributed by atoms with Gasteiger partial charge in [0.05, 0.1) is 0 Å². The van der Waals surface area contributed by atoms with Crippen LogP contribution in [0.4, 0.5) is 5.69 Å². The lowest BCUT2D eigenvalue weighted by Gasteiger charge is -2.07. The van der Waals surface area contributed by atoms with Crippen molar-refractivity contribution < 1.29 is 0 Å². The number of hydrogen-bond donors (Lipinski definition) is 1. The predicted molar refractivity (Wildman–Crippen MR) is 67.4 cm³/mol. The molecule has 0 aliphatic heterocycles. The molecule has 0 unspecified atom stereocenters. The molecule has 0 saturated carbocycles. The van der Waals surface area contributed by atoms with Crippen LogP contribution >= 0.6 is 0 Å². The number of nitrogens with zero attached hydrogens (tertiary/aromatic N) is 1. The first-order chi connectivity index (χ1) is 7.17. The van der Waals surface area contributed by atoms with Crippen LogP contribution in [-0.2, 0) is 0 Å². The van der Waals surface area contributed by atoms with E-state index in [4.69, 9.17) is 0 Å². The summed E-state index contributed by atoms with van der Waals surface area (Å²) in [7, 11) is 0. The number of rotatable bonds is 3. The van der Waals surface area contributed by atoms with E-state index in [1.54, 1.807) is 6.08 Å². The Bertz CT molecular complexity index is 403. The zero-order valence-corrected chi connectivity index (χ0v) is 9.25. The quantitative estimate of drug-likeness (QED) is 0.586. The van der Waals surface area contributed by atoms with Crippen LogP contribution in [0, 0.1) is 13.8 Å². The summed E-state index contributed by atoms with van der Waals surface area (Å²) in [6.45, 7) is 11.4. The number of aryl methyl sites for hydroxylation is 2. The van der Waals surface area contributed by atoms with Crippen LogP contribution < -0.4 is 5.32 Å². The summed E-state index contributed by atoms with van der Waals surface area (Å²) < 4.78 is 0. The molecule has 1 aromatic carbocycles. The van der Waals surface area contributed by atoms with Crippen molar-refractivity contribution >= 4 is 11.5 Å². The van der Waals surface area contributed by atoms with Crippen molar-refractivity contribution in [1.29, 1.82) is 0 Å². The molecular formula is C13H16N2. The SMILES string of the molecule is C=CN=C(C=C)Nc1ccc(C)c(C)c1. The van der Waals surface area contributed by atoms with Crippen LogP contribution in [0.3, 0.4) is 0 Å². The maximum atomic E-state index is 4.04. The third kappa shape index (κ3) is 3.09. The molecule has 1 N–H and O–H groups in total. The Hall–Kier alpha value is -1.83. The molecule has 0 spiro atoms. The largest absolute Gasteiger partial charge is 0.340 e. The molecule has 0 bridgehead atoms. The van der Waals surface area contributed by atoms with Crippen LogP contribution in [-0.4, -0.2) is 5.84 Å². The summed E-state index contributed by atoms with van der Waals surface area (Å²) >= 11 is 0. The van der Waals surface area contributed by atoms with Gasteiger partial charge in [-0.1, -0.05) is 19.2 Å². The van der Waals surface area contributed by atoms with E-state index < -0.39 is 0 Å². The van der Waals surface area contributed by atoms with Gasteiger partial charge in [0.1, 0.15) is 5.84 Å². The van der Waals surface area contributed by atoms with E-state index in [-0.39, 0.29) is 0 Å². The third-order valence-electron chi connectivity index (χ3n) is 2.20. The van der Waals surface area contributed by atoms with Crippen LogP contribution in [0.2, 0.25) is 0 Å². The highest BCUT2D eigenvalue weighted by Gasteiger charge is 1.97. The van der Waals surface area contributed by atoms with Crippen molar-refractivity contribution in [2.75, 3.05) is 5.32 Å². The Morgan fingerprint density at radius 3 is 2.53 bits per heavy atom. The van der Waals surface area contributed by atoms with Crippen molar-refractivity contribution in [3.63, 3.8) is 0 Å². The summed E-state index contributed by atoms with van der Waals surface area (Å²) in [6, 6.07) is 6.17. The Morgan fingerprint density at radius 1 is 1.27 bits per heavy atom. The van der Waals surface area contributed by atoms with Crippen molar-refractivity contribution in [1.82, 2.24) is 0 Å². The fourth-order valence-electron chi connectivity index (χ4n) is 1.20. The molecule has 0 aliphatic carbocycles. The summed E-state index contributed by atoms with van der Waals surface area (Å²) in [5, 5.41) is 3.16. The minimum absolute atomic E-state index is 0.702. The molecule has 0 saturated heterocycles. The summed E-state index contributed by atoms with van der Waals surface area (Å²) in [6.07, 6.45) is 3.15. The fraction of sp³-hybridized carbons (Fsp3) is 0.154. The van der Waals surface area contributed by atoms with Gasteiger partial charge >= 0.3 is 0 Å². The normalized spacial score (nSPS) is 10.9. The first-order valence-electron chi connectivity index (χ1n) is 4.83. The third-order valence-corrected chi connectivity index (χ3v) is 2.20. The highest BCUT2D eigenvalue weighted by molar-refractivity contribution is 6.03. The van der Waals surface area contributed by atoms with Crippen LogP contribution in [0.15, 0.2) is 48.6 Å². The van der Waals surface area contributed by atoms with Gasteiger partial charge in [0.25, 0.3) is 0 Å². The summed E-state index contributed by atoms with van der Waals surface area (Å²) in [5.41, 5.74) is 3.54. The van der Waals surface area contributed by atoms with E-state index in [0.29, 0.717) is 5.84 Å². The Morgan fingerprint density at radius 2 is 2.00 bits per heavy atom. The number of anilines is 1. The zero-order chi connectivity index (χ0) is 11.3. The first-order valence-corrected chi connectivity index (χ1v) is 4.83. The predicted octanol–water partition coefficient (Wildman–Crippen LogP) is 3.44. The van der Waals surface area contributed by atoms with Gasteiger partial charge in [-0.15, -0.1) is 0 Å². The van der Waals surface area contributed by atoms with E-state index >= 15 is 0 Å². The number of benzene rings is 1. The number of hydrogen-bond acceptors (Lipinski definition) is 1. The van der Waals surface area contributed by atoms with Crippen LogP contribution in [0.5, 0.6) is 0 Å². The second kappa shape index (κ2) is 5.15. The monoisotopic (exact) mass is 200 g/mol. The van der Waals surface area contributed by atoms with E-state index in [1.165, 1.54) is 17.3 Å². The van der Waals surface area contributed by atoms with Gasteiger partial charge < -0.3 is 5.32 Å². The molecule has 0 radical (unpaired) electrons. The highest BCUT2D eigenvalue weighted by atomic mass is 15.0. The lowest BCUT2D eigenvalue weighted by molar-refractivity contribution is 1.34. The fourth-order valence-corrected chi connectivity index (χ4v) is 1.20. The van der Waals surface area contributed by atoms with Gasteiger partial charge in [-0.3, -0.25) is 0 Å². The minimum Gasteiger partial charge on any atom is -0.340 e. The average Bonchev–Trinajstić information content (AvgIpc) is 2.23. The molecule has 1 rings (SSSR count). The number of amidine groups is 1. The van der Waals surface area contributed by atoms with Gasteiger partial charge in [0.15, 0.2) is 0 Å². The van der Waals surface area contributed by atoms with Gasteiger partial charge in [-0.25, -0.2) is 4.99 Å². The molecule has 2 heteroatoms. The van der Waals surface area contributed by atoms with Crippen molar-refractivity contribution in [3.05, 3.63) is 54.8 Å². The molecule has 15 heavy (non-hydrogen) atoms. The lowest BCUT2D eigenvalue weighted by atomic mass is 10.1. The molecule has 0 fully saturated rings. The van der Waals surface area contributed by atoms with Crippen molar-refractivity contribution in [3.8, 4) is 0 Å². The van der Waals surface area contributed by atoms with Crippen molar-refractivity contribution in [2.24, 2.45) is 4.99 Å². The number of aliphatic imine (C=N–C) groups is 1. The zero-order valence-electron chi connectivity index (χ0n) is 9.25. The van der Waals surface area contributed by atoms with Gasteiger partial charge in [-0.05, 0) is 43.2 Å².